The van der Waals surface area contributed by atoms with Gasteiger partial charge in [0.2, 0.25) is 0 Å². The van der Waals surface area contributed by atoms with Crippen molar-refractivity contribution in [2.75, 3.05) is 0 Å². The van der Waals surface area contributed by atoms with Crippen molar-refractivity contribution in [3.63, 3.8) is 0 Å². The summed E-state index contributed by atoms with van der Waals surface area (Å²) in [4.78, 5) is 40.9. The van der Waals surface area contributed by atoms with Crippen molar-refractivity contribution in [3.8, 4) is 17.5 Å². The van der Waals surface area contributed by atoms with Crippen LogP contribution in [0.1, 0.15) is 45.4 Å². The van der Waals surface area contributed by atoms with Crippen LogP contribution in [0, 0.1) is 18.8 Å². The number of nitrogens with one attached hydrogen (secondary N) is 1. The van der Waals surface area contributed by atoms with E-state index in [2.05, 4.69) is 32.2 Å². The lowest BCUT2D eigenvalue weighted by Crippen LogP contribution is -2.33. The van der Waals surface area contributed by atoms with Crippen LogP contribution in [0.15, 0.2) is 83.4 Å². The van der Waals surface area contributed by atoms with Crippen LogP contribution in [0.25, 0.3) is 22.2 Å². The average molecular weight is 532 g/mol. The molecule has 0 fully saturated rings. The molecular weight excluding hydrogens is 510 g/mol. The van der Waals surface area contributed by atoms with Gasteiger partial charge in [0.25, 0.3) is 11.5 Å². The van der Waals surface area contributed by atoms with Gasteiger partial charge < -0.3 is 5.32 Å². The van der Waals surface area contributed by atoms with Gasteiger partial charge in [0.1, 0.15) is 11.4 Å². The maximum absolute atomic E-state index is 14.1. The predicted molar refractivity (Wildman–Crippen MR) is 149 cm³/mol. The van der Waals surface area contributed by atoms with E-state index >= 15 is 0 Å². The van der Waals surface area contributed by atoms with E-state index in [1.54, 1.807) is 55.2 Å². The molecule has 1 unspecified atom stereocenters. The van der Waals surface area contributed by atoms with Crippen molar-refractivity contribution in [2.45, 2.75) is 19.9 Å². The number of amides is 1. The number of fused-ring (bicyclic) bond motifs is 2. The van der Waals surface area contributed by atoms with Gasteiger partial charge in [-0.3, -0.25) is 14.2 Å². The maximum atomic E-state index is 14.1. The van der Waals surface area contributed by atoms with Crippen LogP contribution in [-0.4, -0.2) is 35.0 Å². The standard InChI is InChI=1S/C29H21N7O2S/c1-18-24(27-31-14-7-16-35(27)34-18)28(37)32-19(2)26-33-22-11-6-8-20(12-13-23-30-15-17-39-23)25(22)29(38)36(26)21-9-4-3-5-10-21/h3-11,14-17,19H,1-2H3,(H,32,37). The molecular formula is C29H21N7O2S. The van der Waals surface area contributed by atoms with Gasteiger partial charge in [0, 0.05) is 29.5 Å². The summed E-state index contributed by atoms with van der Waals surface area (Å²) in [7, 11) is 0. The van der Waals surface area contributed by atoms with Crippen LogP contribution in [0.3, 0.4) is 0 Å². The van der Waals surface area contributed by atoms with Gasteiger partial charge >= 0.3 is 0 Å². The minimum Gasteiger partial charge on any atom is -0.342 e. The third-order valence-corrected chi connectivity index (χ3v) is 6.90. The van der Waals surface area contributed by atoms with Crippen molar-refractivity contribution in [2.24, 2.45) is 0 Å². The fourth-order valence-corrected chi connectivity index (χ4v) is 4.95. The number of hydrogen-bond donors (Lipinski definition) is 1. The molecule has 1 N–H and O–H groups in total. The van der Waals surface area contributed by atoms with Gasteiger partial charge in [0.05, 0.1) is 28.3 Å². The van der Waals surface area contributed by atoms with Crippen LogP contribution >= 0.6 is 11.3 Å². The molecule has 4 heterocycles. The molecule has 39 heavy (non-hydrogen) atoms. The lowest BCUT2D eigenvalue weighted by atomic mass is 10.1. The SMILES string of the molecule is Cc1nn2cccnc2c1C(=O)NC(C)c1nc2cccc(C#Cc3nccs3)c2c(=O)n1-c1ccccc1. The highest BCUT2D eigenvalue weighted by molar-refractivity contribution is 7.10. The Morgan fingerprint density at radius 2 is 1.87 bits per heavy atom. The maximum Gasteiger partial charge on any atom is 0.267 e. The van der Waals surface area contributed by atoms with E-state index < -0.39 is 6.04 Å². The smallest absolute Gasteiger partial charge is 0.267 e. The Balaban J connectivity index is 1.48. The Morgan fingerprint density at radius 1 is 1.03 bits per heavy atom. The second-order valence-corrected chi connectivity index (χ2v) is 9.67. The summed E-state index contributed by atoms with van der Waals surface area (Å²) in [5.41, 5.74) is 2.77. The summed E-state index contributed by atoms with van der Waals surface area (Å²) in [6.07, 6.45) is 5.04. The number of aromatic nitrogens is 6. The molecule has 190 valence electrons. The second-order valence-electron chi connectivity index (χ2n) is 8.78. The molecule has 0 aliphatic heterocycles. The van der Waals surface area contributed by atoms with Crippen LogP contribution in [0.4, 0.5) is 0 Å². The molecule has 0 radical (unpaired) electrons. The highest BCUT2D eigenvalue weighted by atomic mass is 32.1. The fraction of sp³-hybridized carbons (Fsp3) is 0.103. The molecule has 0 saturated carbocycles. The first-order valence-electron chi connectivity index (χ1n) is 12.1. The fourth-order valence-electron chi connectivity index (χ4n) is 4.47. The minimum atomic E-state index is -0.627. The van der Waals surface area contributed by atoms with E-state index in [9.17, 15) is 9.59 Å². The third kappa shape index (κ3) is 4.45. The van der Waals surface area contributed by atoms with Crippen LogP contribution < -0.4 is 10.9 Å². The zero-order valence-corrected chi connectivity index (χ0v) is 21.8. The monoisotopic (exact) mass is 531 g/mol. The molecule has 6 rings (SSSR count). The molecule has 6 aromatic rings. The topological polar surface area (TPSA) is 107 Å². The first-order chi connectivity index (χ1) is 19.0. The molecule has 1 amide bonds. The molecule has 0 bridgehead atoms. The van der Waals surface area contributed by atoms with E-state index in [1.807, 2.05) is 41.8 Å². The number of para-hydroxylation sites is 1. The summed E-state index contributed by atoms with van der Waals surface area (Å²) in [6.45, 7) is 3.56. The van der Waals surface area contributed by atoms with E-state index in [1.165, 1.54) is 15.9 Å². The van der Waals surface area contributed by atoms with Crippen LogP contribution in [0.2, 0.25) is 0 Å². The van der Waals surface area contributed by atoms with Gasteiger partial charge in [-0.1, -0.05) is 30.2 Å². The molecule has 0 aliphatic rings. The summed E-state index contributed by atoms with van der Waals surface area (Å²) < 4.78 is 3.10. The Bertz CT molecular complexity index is 1970. The largest absolute Gasteiger partial charge is 0.342 e. The number of thiazole rings is 1. The number of rotatable bonds is 4. The molecule has 0 aliphatic carbocycles. The third-order valence-electron chi connectivity index (χ3n) is 6.21. The zero-order valence-electron chi connectivity index (χ0n) is 21.0. The first kappa shape index (κ1) is 24.2. The van der Waals surface area contributed by atoms with E-state index in [0.29, 0.717) is 49.9 Å². The number of carbonyl (C=O) groups is 1. The van der Waals surface area contributed by atoms with E-state index in [0.717, 1.165) is 0 Å². The summed E-state index contributed by atoms with van der Waals surface area (Å²) >= 11 is 1.43. The van der Waals surface area contributed by atoms with Crippen molar-refractivity contribution in [1.82, 2.24) is 34.4 Å². The highest BCUT2D eigenvalue weighted by Crippen LogP contribution is 2.21. The highest BCUT2D eigenvalue weighted by Gasteiger charge is 2.24. The first-order valence-corrected chi connectivity index (χ1v) is 13.0. The van der Waals surface area contributed by atoms with Crippen molar-refractivity contribution < 1.29 is 4.79 Å². The van der Waals surface area contributed by atoms with Gasteiger partial charge in [-0.05, 0) is 50.1 Å². The van der Waals surface area contributed by atoms with Gasteiger partial charge in [-0.25, -0.2) is 19.5 Å². The van der Waals surface area contributed by atoms with E-state index in [-0.39, 0.29) is 11.5 Å². The molecule has 2 aromatic carbocycles. The summed E-state index contributed by atoms with van der Waals surface area (Å²) in [6, 6.07) is 15.7. The van der Waals surface area contributed by atoms with Crippen molar-refractivity contribution >= 4 is 33.8 Å². The molecule has 1 atom stereocenters. The Hall–Kier alpha value is -5.14. The molecule has 4 aromatic heterocycles. The Kier molecular flexibility index (Phi) is 6.19. The van der Waals surface area contributed by atoms with Crippen molar-refractivity contribution in [3.05, 3.63) is 117 Å². The molecule has 9 nitrogen and oxygen atoms in total. The van der Waals surface area contributed by atoms with Gasteiger partial charge in [-0.2, -0.15) is 5.10 Å². The van der Waals surface area contributed by atoms with E-state index in [4.69, 9.17) is 4.98 Å². The van der Waals surface area contributed by atoms with Crippen LogP contribution in [-0.2, 0) is 0 Å². The summed E-state index contributed by atoms with van der Waals surface area (Å²) in [5.74, 6) is 6.15. The summed E-state index contributed by atoms with van der Waals surface area (Å²) in [5, 5.41) is 10.3. The number of aryl methyl sites for hydroxylation is 1. The Morgan fingerprint density at radius 3 is 2.67 bits per heavy atom. The number of benzene rings is 2. The number of hydrogen-bond acceptors (Lipinski definition) is 7. The Labute approximate surface area is 226 Å². The normalized spacial score (nSPS) is 11.7. The minimum absolute atomic E-state index is 0.278. The van der Waals surface area contributed by atoms with Gasteiger partial charge in [0.15, 0.2) is 10.7 Å². The molecule has 0 saturated heterocycles. The van der Waals surface area contributed by atoms with Crippen molar-refractivity contribution in [1.29, 1.82) is 0 Å². The van der Waals surface area contributed by atoms with Gasteiger partial charge in [-0.15, -0.1) is 11.3 Å². The number of nitrogens with zero attached hydrogens (tertiary/aromatic N) is 6. The quantitative estimate of drug-likeness (QED) is 0.344. The molecule has 0 spiro atoms. The predicted octanol–water partition coefficient (Wildman–Crippen LogP) is 4.08. The zero-order chi connectivity index (χ0) is 26.9. The lowest BCUT2D eigenvalue weighted by Gasteiger charge is -2.20. The molecule has 10 heteroatoms. The number of carbonyl (C=O) groups excluding carboxylic acids is 1. The lowest BCUT2D eigenvalue weighted by molar-refractivity contribution is 0.0938. The second kappa shape index (κ2) is 9.96. The van der Waals surface area contributed by atoms with Crippen LogP contribution in [0.5, 0.6) is 0 Å². The average Bonchev–Trinajstić information content (AvgIpc) is 3.59.